The Labute approximate surface area is 171 Å². The standard InChI is InChI=1S/C20H16ClFN2O4S/c1-29(26,27)12-3-2-11-9-23-10-18(14(11)6-12)24-20(25)13-4-5-28-19-8-17(22)16(21)7-15(13)19/h2-3,6-10,13H,4-5H2,1H3,(H,24,25). The van der Waals surface area contributed by atoms with E-state index in [9.17, 15) is 17.6 Å². The van der Waals surface area contributed by atoms with Crippen LogP contribution < -0.4 is 10.1 Å². The molecule has 150 valence electrons. The number of pyridine rings is 1. The lowest BCUT2D eigenvalue weighted by molar-refractivity contribution is -0.118. The van der Waals surface area contributed by atoms with Gasteiger partial charge < -0.3 is 10.1 Å². The topological polar surface area (TPSA) is 85.4 Å². The van der Waals surface area contributed by atoms with Crippen molar-refractivity contribution < 1.29 is 22.3 Å². The second kappa shape index (κ2) is 7.27. The Bertz CT molecular complexity index is 1250. The second-order valence-corrected chi connectivity index (χ2v) is 9.25. The molecule has 1 N–H and O–H groups in total. The van der Waals surface area contributed by atoms with Gasteiger partial charge in [-0.15, -0.1) is 0 Å². The normalized spacial score (nSPS) is 16.2. The first-order valence-electron chi connectivity index (χ1n) is 8.74. The van der Waals surface area contributed by atoms with Crippen molar-refractivity contribution in [2.24, 2.45) is 0 Å². The van der Waals surface area contributed by atoms with Crippen LogP contribution in [-0.4, -0.2) is 32.2 Å². The summed E-state index contributed by atoms with van der Waals surface area (Å²) in [5, 5.41) is 3.98. The molecule has 1 amide bonds. The summed E-state index contributed by atoms with van der Waals surface area (Å²) in [6.45, 7) is 0.262. The van der Waals surface area contributed by atoms with Crippen LogP contribution in [0.4, 0.5) is 10.1 Å². The number of fused-ring (bicyclic) bond motifs is 2. The van der Waals surface area contributed by atoms with Crippen LogP contribution in [0.15, 0.2) is 47.6 Å². The molecular formula is C20H16ClFN2O4S. The first-order chi connectivity index (χ1) is 13.7. The molecule has 1 unspecified atom stereocenters. The molecule has 1 aliphatic heterocycles. The molecule has 29 heavy (non-hydrogen) atoms. The van der Waals surface area contributed by atoms with Gasteiger partial charge in [-0.25, -0.2) is 12.8 Å². The van der Waals surface area contributed by atoms with E-state index in [2.05, 4.69) is 10.3 Å². The van der Waals surface area contributed by atoms with E-state index in [-0.39, 0.29) is 28.2 Å². The molecule has 0 saturated carbocycles. The average molecular weight is 435 g/mol. The maximum absolute atomic E-state index is 13.7. The lowest BCUT2D eigenvalue weighted by Gasteiger charge is -2.25. The predicted molar refractivity (Wildman–Crippen MR) is 108 cm³/mol. The zero-order valence-electron chi connectivity index (χ0n) is 15.3. The van der Waals surface area contributed by atoms with Gasteiger partial charge in [0.25, 0.3) is 0 Å². The summed E-state index contributed by atoms with van der Waals surface area (Å²) >= 11 is 5.88. The lowest BCUT2D eigenvalue weighted by Crippen LogP contribution is -2.26. The Morgan fingerprint density at radius 1 is 1.28 bits per heavy atom. The number of nitrogens with one attached hydrogen (secondary N) is 1. The lowest BCUT2D eigenvalue weighted by atomic mass is 9.92. The first kappa shape index (κ1) is 19.6. The third-order valence-electron chi connectivity index (χ3n) is 4.83. The summed E-state index contributed by atoms with van der Waals surface area (Å²) in [7, 11) is -3.41. The van der Waals surface area contributed by atoms with Gasteiger partial charge >= 0.3 is 0 Å². The van der Waals surface area contributed by atoms with Crippen molar-refractivity contribution in [2.45, 2.75) is 17.2 Å². The van der Waals surface area contributed by atoms with Crippen molar-refractivity contribution in [1.82, 2.24) is 4.98 Å². The molecule has 1 aromatic heterocycles. The predicted octanol–water partition coefficient (Wildman–Crippen LogP) is 3.94. The minimum Gasteiger partial charge on any atom is -0.493 e. The monoisotopic (exact) mass is 434 g/mol. The molecule has 6 nitrogen and oxygen atoms in total. The Balaban J connectivity index is 1.71. The number of nitrogens with zero attached hydrogens (tertiary/aromatic N) is 1. The summed E-state index contributed by atoms with van der Waals surface area (Å²) in [5.74, 6) is -1.26. The largest absolute Gasteiger partial charge is 0.493 e. The highest BCUT2D eigenvalue weighted by molar-refractivity contribution is 7.90. The fourth-order valence-corrected chi connectivity index (χ4v) is 4.17. The molecule has 9 heteroatoms. The minimum absolute atomic E-state index is 0.0864. The number of halogens is 2. The van der Waals surface area contributed by atoms with Crippen molar-refractivity contribution in [3.63, 3.8) is 0 Å². The number of aromatic nitrogens is 1. The number of ether oxygens (including phenoxy) is 1. The van der Waals surface area contributed by atoms with Crippen LogP contribution in [0.3, 0.4) is 0 Å². The van der Waals surface area contributed by atoms with Gasteiger partial charge in [0.15, 0.2) is 9.84 Å². The van der Waals surface area contributed by atoms with E-state index in [0.29, 0.717) is 28.4 Å². The van der Waals surface area contributed by atoms with Gasteiger partial charge in [0, 0.05) is 34.9 Å². The maximum atomic E-state index is 13.7. The number of anilines is 1. The van der Waals surface area contributed by atoms with Crippen LogP contribution in [0.2, 0.25) is 5.02 Å². The molecule has 1 aliphatic rings. The number of sulfone groups is 1. The van der Waals surface area contributed by atoms with Crippen molar-refractivity contribution in [3.05, 3.63) is 59.1 Å². The Morgan fingerprint density at radius 2 is 2.07 bits per heavy atom. The summed E-state index contributed by atoms with van der Waals surface area (Å²) in [4.78, 5) is 17.3. The van der Waals surface area contributed by atoms with Gasteiger partial charge in [-0.2, -0.15) is 0 Å². The van der Waals surface area contributed by atoms with Crippen LogP contribution in [-0.2, 0) is 14.6 Å². The highest BCUT2D eigenvalue weighted by Crippen LogP contribution is 2.38. The molecule has 2 heterocycles. The Kier molecular flexibility index (Phi) is 4.92. The van der Waals surface area contributed by atoms with E-state index in [1.54, 1.807) is 12.3 Å². The highest BCUT2D eigenvalue weighted by Gasteiger charge is 2.29. The fourth-order valence-electron chi connectivity index (χ4n) is 3.35. The van der Waals surface area contributed by atoms with Gasteiger partial charge in [0.05, 0.1) is 34.3 Å². The number of rotatable bonds is 3. The zero-order valence-corrected chi connectivity index (χ0v) is 16.8. The van der Waals surface area contributed by atoms with Gasteiger partial charge in [-0.1, -0.05) is 17.7 Å². The Hall–Kier alpha value is -2.71. The second-order valence-electron chi connectivity index (χ2n) is 6.83. The van der Waals surface area contributed by atoms with E-state index in [0.717, 1.165) is 6.26 Å². The van der Waals surface area contributed by atoms with E-state index in [1.807, 2.05) is 0 Å². The van der Waals surface area contributed by atoms with Crippen molar-refractivity contribution >= 4 is 43.8 Å². The number of carbonyl (C=O) groups is 1. The number of hydrogen-bond acceptors (Lipinski definition) is 5. The van der Waals surface area contributed by atoms with E-state index >= 15 is 0 Å². The van der Waals surface area contributed by atoms with Crippen molar-refractivity contribution in [1.29, 1.82) is 0 Å². The molecule has 4 rings (SSSR count). The number of hydrogen-bond donors (Lipinski definition) is 1. The zero-order chi connectivity index (χ0) is 20.8. The third-order valence-corrected chi connectivity index (χ3v) is 6.23. The molecule has 0 spiro atoms. The minimum atomic E-state index is -3.41. The van der Waals surface area contributed by atoms with Crippen LogP contribution in [0.5, 0.6) is 5.75 Å². The molecule has 0 saturated heterocycles. The molecule has 0 radical (unpaired) electrons. The molecule has 0 fully saturated rings. The summed E-state index contributed by atoms with van der Waals surface area (Å²) in [5.41, 5.74) is 0.893. The number of benzene rings is 2. The average Bonchev–Trinajstić information content (AvgIpc) is 2.67. The van der Waals surface area contributed by atoms with Crippen molar-refractivity contribution in [3.8, 4) is 5.75 Å². The quantitative estimate of drug-likeness (QED) is 0.675. The van der Waals surface area contributed by atoms with Gasteiger partial charge in [-0.05, 0) is 24.6 Å². The van der Waals surface area contributed by atoms with Gasteiger partial charge in [-0.3, -0.25) is 9.78 Å². The van der Waals surface area contributed by atoms with E-state index in [1.165, 1.54) is 30.5 Å². The first-order valence-corrected chi connectivity index (χ1v) is 11.0. The van der Waals surface area contributed by atoms with Gasteiger partial charge in [0.2, 0.25) is 5.91 Å². The molecule has 2 aromatic carbocycles. The number of amides is 1. The number of carbonyl (C=O) groups excluding carboxylic acids is 1. The van der Waals surface area contributed by atoms with Crippen LogP contribution in [0.25, 0.3) is 10.8 Å². The Morgan fingerprint density at radius 3 is 2.83 bits per heavy atom. The third kappa shape index (κ3) is 3.77. The van der Waals surface area contributed by atoms with Gasteiger partial charge in [0.1, 0.15) is 11.6 Å². The van der Waals surface area contributed by atoms with E-state index in [4.69, 9.17) is 16.3 Å². The molecule has 0 aliphatic carbocycles. The summed E-state index contributed by atoms with van der Waals surface area (Å²) in [6, 6.07) is 7.22. The SMILES string of the molecule is CS(=O)(=O)c1ccc2cncc(NC(=O)C3CCOc4cc(F)c(Cl)cc43)c2c1. The fraction of sp³-hybridized carbons (Fsp3) is 0.200. The smallest absolute Gasteiger partial charge is 0.232 e. The van der Waals surface area contributed by atoms with Crippen LogP contribution >= 0.6 is 11.6 Å². The summed E-state index contributed by atoms with van der Waals surface area (Å²) in [6.07, 6.45) is 4.57. The van der Waals surface area contributed by atoms with Crippen LogP contribution in [0, 0.1) is 5.82 Å². The summed E-state index contributed by atoms with van der Waals surface area (Å²) < 4.78 is 43.0. The highest BCUT2D eigenvalue weighted by atomic mass is 35.5. The maximum Gasteiger partial charge on any atom is 0.232 e. The molecule has 1 atom stereocenters. The van der Waals surface area contributed by atoms with E-state index < -0.39 is 21.6 Å². The van der Waals surface area contributed by atoms with Crippen LogP contribution in [0.1, 0.15) is 17.9 Å². The molecule has 3 aromatic rings. The molecule has 0 bridgehead atoms. The van der Waals surface area contributed by atoms with Crippen molar-refractivity contribution in [2.75, 3.05) is 18.2 Å². The molecular weight excluding hydrogens is 419 g/mol.